The topological polar surface area (TPSA) is 0 Å². The molecule has 0 aromatic heterocycles. The summed E-state index contributed by atoms with van der Waals surface area (Å²) >= 11 is 10.3. The molecule has 1 rings (SSSR count). The second kappa shape index (κ2) is 3.58. The van der Waals surface area contributed by atoms with E-state index < -0.39 is 0 Å². The number of benzene rings is 1. The van der Waals surface area contributed by atoms with Crippen LogP contribution in [-0.2, 0) is 2.14 Å². The van der Waals surface area contributed by atoms with E-state index in [0.717, 1.165) is 11.1 Å². The van der Waals surface area contributed by atoms with Crippen LogP contribution in [0.2, 0.25) is 0 Å². The van der Waals surface area contributed by atoms with Crippen molar-refractivity contribution in [3.05, 3.63) is 42.3 Å². The standard InChI is InChI=1S/C8H6Br3/c1-6-4-2-3-5-7(6)8(9,10)11/h2-5H,1H2. The van der Waals surface area contributed by atoms with Crippen LogP contribution in [0.5, 0.6) is 0 Å². The molecule has 0 nitrogen and oxygen atoms in total. The van der Waals surface area contributed by atoms with Crippen LogP contribution >= 0.6 is 47.8 Å². The fraction of sp³-hybridized carbons (Fsp3) is 0.125. The highest BCUT2D eigenvalue weighted by Crippen LogP contribution is 2.45. The van der Waals surface area contributed by atoms with Crippen LogP contribution in [0.3, 0.4) is 0 Å². The van der Waals surface area contributed by atoms with E-state index in [0.29, 0.717) is 0 Å². The lowest BCUT2D eigenvalue weighted by molar-refractivity contribution is 1.33. The summed E-state index contributed by atoms with van der Waals surface area (Å²) in [6.07, 6.45) is 0. The van der Waals surface area contributed by atoms with Gasteiger partial charge in [-0.05, 0) is 18.1 Å². The van der Waals surface area contributed by atoms with E-state index in [2.05, 4.69) is 54.7 Å². The zero-order valence-corrected chi connectivity index (χ0v) is 10.4. The van der Waals surface area contributed by atoms with Gasteiger partial charge in [0.15, 0.2) is 2.14 Å². The van der Waals surface area contributed by atoms with Crippen molar-refractivity contribution < 1.29 is 0 Å². The van der Waals surface area contributed by atoms with E-state index in [4.69, 9.17) is 0 Å². The van der Waals surface area contributed by atoms with Gasteiger partial charge in [0.1, 0.15) is 0 Å². The molecular weight excluding hydrogens is 336 g/mol. The van der Waals surface area contributed by atoms with Crippen molar-refractivity contribution in [2.24, 2.45) is 0 Å². The molecule has 0 aliphatic heterocycles. The summed E-state index contributed by atoms with van der Waals surface area (Å²) in [5, 5.41) is 0. The van der Waals surface area contributed by atoms with Gasteiger partial charge in [0.25, 0.3) is 0 Å². The van der Waals surface area contributed by atoms with Crippen molar-refractivity contribution in [2.45, 2.75) is 2.14 Å². The SMILES string of the molecule is [CH2]c1ccccc1C(Br)(Br)Br. The van der Waals surface area contributed by atoms with Gasteiger partial charge in [-0.1, -0.05) is 72.1 Å². The van der Waals surface area contributed by atoms with Crippen molar-refractivity contribution in [3.63, 3.8) is 0 Å². The van der Waals surface area contributed by atoms with E-state index in [1.54, 1.807) is 0 Å². The molecule has 59 valence electrons. The Morgan fingerprint density at radius 3 is 2.00 bits per heavy atom. The highest BCUT2D eigenvalue weighted by Gasteiger charge is 2.21. The smallest absolute Gasteiger partial charge is 0.0620 e. The number of hydrogen-bond acceptors (Lipinski definition) is 0. The minimum absolute atomic E-state index is 0.342. The van der Waals surface area contributed by atoms with Gasteiger partial charge < -0.3 is 0 Å². The van der Waals surface area contributed by atoms with Crippen molar-refractivity contribution in [1.29, 1.82) is 0 Å². The Hall–Kier alpha value is 0.660. The van der Waals surface area contributed by atoms with Gasteiger partial charge in [0.2, 0.25) is 0 Å². The normalized spacial score (nSPS) is 11.6. The molecule has 0 heterocycles. The molecule has 0 fully saturated rings. The number of alkyl halides is 3. The van der Waals surface area contributed by atoms with Gasteiger partial charge in [-0.2, -0.15) is 0 Å². The van der Waals surface area contributed by atoms with Gasteiger partial charge in [0, 0.05) is 0 Å². The maximum atomic E-state index is 3.90. The molecule has 0 unspecified atom stereocenters. The lowest BCUT2D eigenvalue weighted by atomic mass is 10.1. The van der Waals surface area contributed by atoms with Crippen LogP contribution in [0.25, 0.3) is 0 Å². The second-order valence-corrected chi connectivity index (χ2v) is 8.92. The van der Waals surface area contributed by atoms with Gasteiger partial charge in [0.05, 0.1) is 0 Å². The van der Waals surface area contributed by atoms with E-state index >= 15 is 0 Å². The zero-order chi connectivity index (χ0) is 8.48. The van der Waals surface area contributed by atoms with Gasteiger partial charge >= 0.3 is 0 Å². The lowest BCUT2D eigenvalue weighted by Crippen LogP contribution is -1.99. The maximum absolute atomic E-state index is 3.90. The van der Waals surface area contributed by atoms with Crippen molar-refractivity contribution >= 4 is 47.8 Å². The first-order chi connectivity index (χ1) is 5.02. The number of halogens is 3. The van der Waals surface area contributed by atoms with Gasteiger partial charge in [-0.15, -0.1) is 0 Å². The first kappa shape index (κ1) is 9.75. The van der Waals surface area contributed by atoms with Crippen LogP contribution in [-0.4, -0.2) is 0 Å². The number of hydrogen-bond donors (Lipinski definition) is 0. The first-order valence-corrected chi connectivity index (χ1v) is 5.38. The summed E-state index contributed by atoms with van der Waals surface area (Å²) in [4.78, 5) is 0. The maximum Gasteiger partial charge on any atom is 0.160 e. The van der Waals surface area contributed by atoms with Crippen LogP contribution in [0.15, 0.2) is 24.3 Å². The first-order valence-electron chi connectivity index (χ1n) is 3.00. The largest absolute Gasteiger partial charge is 0.160 e. The molecule has 1 aromatic carbocycles. The molecule has 0 aliphatic carbocycles. The minimum Gasteiger partial charge on any atom is -0.0620 e. The summed E-state index contributed by atoms with van der Waals surface area (Å²) < 4.78 is -0.342. The summed E-state index contributed by atoms with van der Waals surface area (Å²) in [5.41, 5.74) is 2.08. The Morgan fingerprint density at radius 2 is 1.64 bits per heavy atom. The molecule has 0 N–H and O–H groups in total. The Kier molecular flexibility index (Phi) is 3.18. The third-order valence-electron chi connectivity index (χ3n) is 1.32. The molecule has 0 bridgehead atoms. The summed E-state index contributed by atoms with van der Waals surface area (Å²) in [6, 6.07) is 7.90. The Labute approximate surface area is 91.8 Å². The van der Waals surface area contributed by atoms with Crippen LogP contribution < -0.4 is 0 Å². The molecule has 0 aliphatic rings. The molecule has 3 heteroatoms. The molecule has 1 aromatic rings. The van der Waals surface area contributed by atoms with Crippen molar-refractivity contribution in [1.82, 2.24) is 0 Å². The predicted octanol–water partition coefficient (Wildman–Crippen LogP) is 4.16. The monoisotopic (exact) mass is 339 g/mol. The molecule has 11 heavy (non-hydrogen) atoms. The molecule has 1 radical (unpaired) electrons. The molecule has 0 amide bonds. The van der Waals surface area contributed by atoms with Crippen LogP contribution in [0.1, 0.15) is 11.1 Å². The molecule has 0 saturated carbocycles. The molecular formula is C8H6Br3. The third-order valence-corrected chi connectivity index (χ3v) is 2.60. The fourth-order valence-corrected chi connectivity index (χ4v) is 1.96. The van der Waals surface area contributed by atoms with E-state index in [1.807, 2.05) is 24.3 Å². The highest BCUT2D eigenvalue weighted by atomic mass is 80.0. The Balaban J connectivity index is 3.14. The molecule has 0 spiro atoms. The highest BCUT2D eigenvalue weighted by molar-refractivity contribution is 9.38. The third kappa shape index (κ3) is 2.56. The van der Waals surface area contributed by atoms with E-state index in [9.17, 15) is 0 Å². The average Bonchev–Trinajstić information content (AvgIpc) is 1.86. The van der Waals surface area contributed by atoms with Gasteiger partial charge in [-0.3, -0.25) is 0 Å². The van der Waals surface area contributed by atoms with Crippen LogP contribution in [0, 0.1) is 6.92 Å². The summed E-state index contributed by atoms with van der Waals surface area (Å²) in [6.45, 7) is 3.90. The van der Waals surface area contributed by atoms with Crippen LogP contribution in [0.4, 0.5) is 0 Å². The zero-order valence-electron chi connectivity index (χ0n) is 5.65. The summed E-state index contributed by atoms with van der Waals surface area (Å²) in [5.74, 6) is 0. The summed E-state index contributed by atoms with van der Waals surface area (Å²) in [7, 11) is 0. The second-order valence-electron chi connectivity index (χ2n) is 2.15. The van der Waals surface area contributed by atoms with Crippen molar-refractivity contribution in [2.75, 3.05) is 0 Å². The average molecular weight is 342 g/mol. The van der Waals surface area contributed by atoms with Gasteiger partial charge in [-0.25, -0.2) is 0 Å². The Morgan fingerprint density at radius 1 is 1.09 bits per heavy atom. The molecule has 0 atom stereocenters. The number of rotatable bonds is 0. The van der Waals surface area contributed by atoms with E-state index in [-0.39, 0.29) is 2.14 Å². The van der Waals surface area contributed by atoms with E-state index in [1.165, 1.54) is 0 Å². The van der Waals surface area contributed by atoms with Crippen molar-refractivity contribution in [3.8, 4) is 0 Å². The quantitative estimate of drug-likeness (QED) is 0.621. The minimum atomic E-state index is -0.342. The molecule has 0 saturated heterocycles. The predicted molar refractivity (Wildman–Crippen MR) is 59.4 cm³/mol. The fourth-order valence-electron chi connectivity index (χ4n) is 0.797. The Bertz CT molecular complexity index is 250. The lowest BCUT2D eigenvalue weighted by Gasteiger charge is -2.14.